The van der Waals surface area contributed by atoms with Crippen LogP contribution in [0.2, 0.25) is 0 Å². The molecule has 0 atom stereocenters. The average molecular weight is 300 g/mol. The second-order valence-corrected chi connectivity index (χ2v) is 7.22. The molecule has 2 aliphatic rings. The van der Waals surface area contributed by atoms with E-state index >= 15 is 0 Å². The second-order valence-electron chi connectivity index (χ2n) is 7.22. The Kier molecular flexibility index (Phi) is 5.07. The number of benzene rings is 1. The van der Waals surface area contributed by atoms with Crippen molar-refractivity contribution in [1.29, 1.82) is 0 Å². The molecule has 2 aliphatic heterocycles. The van der Waals surface area contributed by atoms with E-state index in [9.17, 15) is 0 Å². The Balaban J connectivity index is 1.74. The van der Waals surface area contributed by atoms with Crippen molar-refractivity contribution in [3.63, 3.8) is 0 Å². The third-order valence-corrected chi connectivity index (χ3v) is 5.68. The quantitative estimate of drug-likeness (QED) is 0.859. The first-order chi connectivity index (χ1) is 10.7. The summed E-state index contributed by atoms with van der Waals surface area (Å²) in [5, 5.41) is 3.60. The van der Waals surface area contributed by atoms with Crippen molar-refractivity contribution >= 4 is 5.69 Å². The van der Waals surface area contributed by atoms with Gasteiger partial charge >= 0.3 is 0 Å². The number of nitrogens with one attached hydrogen (secondary N) is 1. The minimum Gasteiger partial charge on any atom is -0.384 e. The van der Waals surface area contributed by atoms with Gasteiger partial charge in [-0.05, 0) is 73.9 Å². The molecule has 0 aromatic heterocycles. The van der Waals surface area contributed by atoms with Crippen LogP contribution in [-0.2, 0) is 19.4 Å². The Hall–Kier alpha value is -1.02. The summed E-state index contributed by atoms with van der Waals surface area (Å²) in [6.45, 7) is 11.8. The summed E-state index contributed by atoms with van der Waals surface area (Å²) in [6.07, 6.45) is 7.96. The van der Waals surface area contributed by atoms with Crippen LogP contribution in [0.1, 0.15) is 61.8 Å². The van der Waals surface area contributed by atoms with E-state index in [0.717, 1.165) is 18.9 Å². The van der Waals surface area contributed by atoms with Crippen LogP contribution in [0.25, 0.3) is 0 Å². The van der Waals surface area contributed by atoms with Gasteiger partial charge in [0.05, 0.1) is 0 Å². The Labute approximate surface area is 136 Å². The number of likely N-dealkylation sites (tertiary alicyclic amines) is 1. The van der Waals surface area contributed by atoms with E-state index in [1.54, 1.807) is 16.7 Å². The molecule has 0 amide bonds. The fraction of sp³-hybridized carbons (Fsp3) is 0.700. The average Bonchev–Trinajstić information content (AvgIpc) is 3.02. The predicted octanol–water partition coefficient (Wildman–Crippen LogP) is 4.54. The van der Waals surface area contributed by atoms with Crippen molar-refractivity contribution in [3.05, 3.63) is 28.3 Å². The van der Waals surface area contributed by atoms with Gasteiger partial charge in [-0.25, -0.2) is 0 Å². The highest BCUT2D eigenvalue weighted by atomic mass is 15.1. The summed E-state index contributed by atoms with van der Waals surface area (Å²) in [7, 11) is 0. The largest absolute Gasteiger partial charge is 0.384 e. The maximum absolute atomic E-state index is 3.60. The molecule has 2 heteroatoms. The molecule has 0 saturated carbocycles. The van der Waals surface area contributed by atoms with Gasteiger partial charge in [-0.2, -0.15) is 0 Å². The Morgan fingerprint density at radius 2 is 2.00 bits per heavy atom. The maximum Gasteiger partial charge on any atom is 0.0406 e. The summed E-state index contributed by atoms with van der Waals surface area (Å²) in [4.78, 5) is 2.70. The number of anilines is 1. The van der Waals surface area contributed by atoms with Crippen molar-refractivity contribution in [3.8, 4) is 0 Å². The molecule has 3 rings (SSSR count). The van der Waals surface area contributed by atoms with E-state index in [4.69, 9.17) is 0 Å². The highest BCUT2D eigenvalue weighted by Crippen LogP contribution is 2.34. The molecule has 122 valence electrons. The maximum atomic E-state index is 3.60. The minimum absolute atomic E-state index is 0.984. The van der Waals surface area contributed by atoms with Crippen LogP contribution in [0.3, 0.4) is 0 Å². The molecular weight excluding hydrogens is 268 g/mol. The van der Waals surface area contributed by atoms with Gasteiger partial charge < -0.3 is 5.32 Å². The Morgan fingerprint density at radius 3 is 2.68 bits per heavy atom. The summed E-state index contributed by atoms with van der Waals surface area (Å²) in [6, 6.07) is 2.43. The number of nitrogens with zero attached hydrogens (tertiary/aromatic N) is 1. The van der Waals surface area contributed by atoms with Gasteiger partial charge in [-0.15, -0.1) is 0 Å². The topological polar surface area (TPSA) is 15.3 Å². The third-order valence-electron chi connectivity index (χ3n) is 5.68. The number of hydrogen-bond donors (Lipinski definition) is 1. The van der Waals surface area contributed by atoms with Gasteiger partial charge in [0.2, 0.25) is 0 Å². The van der Waals surface area contributed by atoms with Gasteiger partial charge in [-0.3, -0.25) is 4.90 Å². The van der Waals surface area contributed by atoms with E-state index < -0.39 is 0 Å². The smallest absolute Gasteiger partial charge is 0.0406 e. The fourth-order valence-electron chi connectivity index (χ4n) is 4.42. The summed E-state index contributed by atoms with van der Waals surface area (Å²) < 4.78 is 0. The first kappa shape index (κ1) is 15.9. The molecular formula is C20H32N2. The van der Waals surface area contributed by atoms with Gasteiger partial charge in [-0.1, -0.05) is 32.8 Å². The van der Waals surface area contributed by atoms with Gasteiger partial charge in [0.1, 0.15) is 0 Å². The van der Waals surface area contributed by atoms with Gasteiger partial charge in [0, 0.05) is 18.8 Å². The molecule has 1 N–H and O–H groups in total. The molecule has 2 heterocycles. The van der Waals surface area contributed by atoms with Crippen LogP contribution in [0.5, 0.6) is 0 Å². The SMILES string of the molecule is CCCC1CCN(Cc2c(CC)cc(C)c3c2CCN3)CC1. The molecule has 1 aromatic carbocycles. The molecule has 22 heavy (non-hydrogen) atoms. The van der Waals surface area contributed by atoms with Crippen molar-refractivity contribution in [2.45, 2.75) is 65.8 Å². The first-order valence-electron chi connectivity index (χ1n) is 9.33. The molecule has 2 nitrogen and oxygen atoms in total. The number of aryl methyl sites for hydroxylation is 2. The zero-order valence-corrected chi connectivity index (χ0v) is 14.7. The summed E-state index contributed by atoms with van der Waals surface area (Å²) >= 11 is 0. The van der Waals surface area contributed by atoms with E-state index in [1.807, 2.05) is 0 Å². The lowest BCUT2D eigenvalue weighted by Gasteiger charge is -2.33. The minimum atomic E-state index is 0.984. The van der Waals surface area contributed by atoms with Crippen molar-refractivity contribution < 1.29 is 0 Å². The van der Waals surface area contributed by atoms with Crippen molar-refractivity contribution in [1.82, 2.24) is 4.90 Å². The molecule has 0 radical (unpaired) electrons. The van der Waals surface area contributed by atoms with Crippen LogP contribution in [0.15, 0.2) is 6.07 Å². The van der Waals surface area contributed by atoms with Crippen molar-refractivity contribution in [2.75, 3.05) is 25.0 Å². The molecule has 1 aromatic rings. The molecule has 0 aliphatic carbocycles. The molecule has 0 bridgehead atoms. The van der Waals surface area contributed by atoms with Crippen LogP contribution in [-0.4, -0.2) is 24.5 Å². The molecule has 0 unspecified atom stereocenters. The normalized spacial score (nSPS) is 19.2. The zero-order chi connectivity index (χ0) is 15.5. The highest BCUT2D eigenvalue weighted by molar-refractivity contribution is 5.65. The van der Waals surface area contributed by atoms with Crippen LogP contribution in [0, 0.1) is 12.8 Å². The number of fused-ring (bicyclic) bond motifs is 1. The summed E-state index contributed by atoms with van der Waals surface area (Å²) in [5.74, 6) is 0.984. The molecule has 1 saturated heterocycles. The van der Waals surface area contributed by atoms with Gasteiger partial charge in [0.15, 0.2) is 0 Å². The lowest BCUT2D eigenvalue weighted by atomic mass is 9.90. The Morgan fingerprint density at radius 1 is 1.23 bits per heavy atom. The molecule has 0 spiro atoms. The van der Waals surface area contributed by atoms with Gasteiger partial charge in [0.25, 0.3) is 0 Å². The number of piperidine rings is 1. The fourth-order valence-corrected chi connectivity index (χ4v) is 4.42. The predicted molar refractivity (Wildman–Crippen MR) is 95.7 cm³/mol. The number of hydrogen-bond acceptors (Lipinski definition) is 2. The van der Waals surface area contributed by atoms with Crippen LogP contribution in [0.4, 0.5) is 5.69 Å². The van der Waals surface area contributed by atoms with E-state index in [2.05, 4.69) is 37.1 Å². The lowest BCUT2D eigenvalue weighted by molar-refractivity contribution is 0.171. The number of rotatable bonds is 5. The Bertz CT molecular complexity index is 513. The van der Waals surface area contributed by atoms with Crippen LogP contribution < -0.4 is 5.32 Å². The van der Waals surface area contributed by atoms with Crippen molar-refractivity contribution in [2.24, 2.45) is 5.92 Å². The van der Waals surface area contributed by atoms with E-state index in [-0.39, 0.29) is 0 Å². The standard InChI is InChI=1S/C20H32N2/c1-4-6-16-8-11-22(12-9-16)14-19-17(5-2)13-15(3)20-18(19)7-10-21-20/h13,16,21H,4-12,14H2,1-3H3. The third kappa shape index (κ3) is 3.17. The second kappa shape index (κ2) is 7.04. The monoisotopic (exact) mass is 300 g/mol. The first-order valence-corrected chi connectivity index (χ1v) is 9.33. The van der Waals surface area contributed by atoms with E-state index in [1.165, 1.54) is 63.0 Å². The molecule has 1 fully saturated rings. The summed E-state index contributed by atoms with van der Waals surface area (Å²) in [5.41, 5.74) is 7.72. The van der Waals surface area contributed by atoms with Crippen LogP contribution >= 0.6 is 0 Å². The lowest BCUT2D eigenvalue weighted by Crippen LogP contribution is -2.33. The highest BCUT2D eigenvalue weighted by Gasteiger charge is 2.23. The van der Waals surface area contributed by atoms with E-state index in [0.29, 0.717) is 0 Å². The zero-order valence-electron chi connectivity index (χ0n) is 14.7.